The van der Waals surface area contributed by atoms with Crippen molar-refractivity contribution in [3.63, 3.8) is 0 Å². The van der Waals surface area contributed by atoms with Crippen LogP contribution in [0, 0.1) is 0 Å². The first-order valence-electron chi connectivity index (χ1n) is 10.7. The number of amides is 1. The van der Waals surface area contributed by atoms with Crippen molar-refractivity contribution in [1.29, 1.82) is 0 Å². The Hall–Kier alpha value is -2.16. The predicted octanol–water partition coefficient (Wildman–Crippen LogP) is 4.64. The van der Waals surface area contributed by atoms with E-state index in [4.69, 9.17) is 11.6 Å². The first kappa shape index (κ1) is 24.0. The minimum Gasteiger partial charge on any atom is -0.396 e. The lowest BCUT2D eigenvalue weighted by molar-refractivity contribution is -0.122. The monoisotopic (exact) mass is 500 g/mol. The van der Waals surface area contributed by atoms with Gasteiger partial charge in [-0.15, -0.1) is 11.8 Å². The van der Waals surface area contributed by atoms with Crippen LogP contribution >= 0.6 is 23.4 Å². The largest absolute Gasteiger partial charge is 0.396 e. The lowest BCUT2D eigenvalue weighted by atomic mass is 10.0. The molecule has 1 aliphatic rings. The molecule has 0 aromatic heterocycles. The minimum absolute atomic E-state index is 0.0708. The van der Waals surface area contributed by atoms with Crippen LogP contribution < -0.4 is 5.32 Å². The van der Waals surface area contributed by atoms with E-state index >= 15 is 0 Å². The first-order chi connectivity index (χ1) is 16.1. The molecule has 5 nitrogen and oxygen atoms in total. The van der Waals surface area contributed by atoms with Gasteiger partial charge in [0.15, 0.2) is 0 Å². The first-order valence-corrected chi connectivity index (χ1v) is 13.2. The summed E-state index contributed by atoms with van der Waals surface area (Å²) in [6.07, 6.45) is 0.369. The average molecular weight is 501 g/mol. The summed E-state index contributed by atoms with van der Waals surface area (Å²) in [5.74, 6) is 0.499. The maximum Gasteiger partial charge on any atom is 0.249 e. The zero-order valence-electron chi connectivity index (χ0n) is 17.9. The summed E-state index contributed by atoms with van der Waals surface area (Å²) >= 11 is 7.58. The van der Waals surface area contributed by atoms with Gasteiger partial charge in [-0.1, -0.05) is 66.2 Å². The van der Waals surface area contributed by atoms with Gasteiger partial charge in [0.05, 0.1) is 10.9 Å². The molecule has 8 heteroatoms. The Balaban J connectivity index is 1.47. The molecule has 1 aliphatic heterocycles. The number of nitrogens with one attached hydrogen (secondary N) is 1. The SMILES string of the molecule is O=C(NC(CCO)c1cccc(Cl)c1)C1SCCN1S(=O)c1ccc(-c2ccccc2)cc1. The minimum atomic E-state index is -1.46. The molecule has 0 saturated carbocycles. The lowest BCUT2D eigenvalue weighted by Gasteiger charge is -2.25. The van der Waals surface area contributed by atoms with Crippen LogP contribution in [0.15, 0.2) is 83.8 Å². The molecule has 0 radical (unpaired) electrons. The molecule has 1 amide bonds. The zero-order chi connectivity index (χ0) is 23.2. The number of rotatable bonds is 8. The quantitative estimate of drug-likeness (QED) is 0.472. The Morgan fingerprint density at radius 1 is 1.09 bits per heavy atom. The summed E-state index contributed by atoms with van der Waals surface area (Å²) < 4.78 is 15.0. The van der Waals surface area contributed by atoms with Gasteiger partial charge in [0.25, 0.3) is 0 Å². The Morgan fingerprint density at radius 2 is 1.82 bits per heavy atom. The fourth-order valence-corrected chi connectivity index (χ4v) is 6.69. The van der Waals surface area contributed by atoms with Crippen LogP contribution in [0.3, 0.4) is 0 Å². The summed E-state index contributed by atoms with van der Waals surface area (Å²) in [6, 6.07) is 24.5. The summed E-state index contributed by atoms with van der Waals surface area (Å²) in [5.41, 5.74) is 2.98. The molecule has 3 aromatic carbocycles. The fourth-order valence-electron chi connectivity index (χ4n) is 3.78. The second-order valence-corrected chi connectivity index (χ2v) is 10.7. The van der Waals surface area contributed by atoms with Crippen LogP contribution in [0.4, 0.5) is 0 Å². The number of nitrogens with zero attached hydrogens (tertiary/aromatic N) is 1. The highest BCUT2D eigenvalue weighted by Gasteiger charge is 2.36. The number of aliphatic hydroxyl groups excluding tert-OH is 1. The van der Waals surface area contributed by atoms with E-state index in [0.717, 1.165) is 16.7 Å². The molecule has 172 valence electrons. The third-order valence-electron chi connectivity index (χ3n) is 5.43. The van der Waals surface area contributed by atoms with Crippen LogP contribution in [0.25, 0.3) is 11.1 Å². The lowest BCUT2D eigenvalue weighted by Crippen LogP contribution is -2.44. The van der Waals surface area contributed by atoms with Gasteiger partial charge in [-0.2, -0.15) is 4.31 Å². The second-order valence-electron chi connectivity index (χ2n) is 7.63. The van der Waals surface area contributed by atoms with Gasteiger partial charge in [-0.05, 0) is 47.4 Å². The van der Waals surface area contributed by atoms with E-state index in [0.29, 0.717) is 28.6 Å². The standard InChI is InChI=1S/C25H25ClN2O3S2/c26-21-8-4-7-20(17-21)23(13-15-29)27-24(30)25-28(14-16-32-25)33(31)22-11-9-19(10-12-22)18-5-2-1-3-6-18/h1-12,17,23,25,29H,13-16H2,(H,27,30). The Morgan fingerprint density at radius 3 is 2.52 bits per heavy atom. The van der Waals surface area contributed by atoms with Gasteiger partial charge >= 0.3 is 0 Å². The third kappa shape index (κ3) is 5.86. The molecule has 3 aromatic rings. The van der Waals surface area contributed by atoms with E-state index in [1.807, 2.05) is 66.7 Å². The van der Waals surface area contributed by atoms with Gasteiger partial charge in [-0.25, -0.2) is 4.21 Å². The topological polar surface area (TPSA) is 69.6 Å². The zero-order valence-corrected chi connectivity index (χ0v) is 20.3. The Labute approximate surface area is 205 Å². The number of hydrogen-bond acceptors (Lipinski definition) is 4. The Bertz CT molecular complexity index is 1110. The average Bonchev–Trinajstić information content (AvgIpc) is 3.34. The summed E-state index contributed by atoms with van der Waals surface area (Å²) in [6.45, 7) is 0.482. The van der Waals surface area contributed by atoms with Crippen molar-refractivity contribution in [2.45, 2.75) is 22.7 Å². The van der Waals surface area contributed by atoms with Crippen molar-refractivity contribution in [1.82, 2.24) is 9.62 Å². The van der Waals surface area contributed by atoms with Crippen molar-refractivity contribution < 1.29 is 14.1 Å². The van der Waals surface area contributed by atoms with Gasteiger partial charge < -0.3 is 10.4 Å². The molecule has 1 heterocycles. The molecule has 0 bridgehead atoms. The van der Waals surface area contributed by atoms with E-state index in [2.05, 4.69) is 5.32 Å². The fraction of sp³-hybridized carbons (Fsp3) is 0.240. The summed E-state index contributed by atoms with van der Waals surface area (Å²) in [7, 11) is -1.46. The van der Waals surface area contributed by atoms with Gasteiger partial charge in [0.1, 0.15) is 16.4 Å². The number of halogens is 1. The molecule has 1 fully saturated rings. The van der Waals surface area contributed by atoms with E-state index < -0.39 is 16.4 Å². The number of hydrogen-bond donors (Lipinski definition) is 2. The third-order valence-corrected chi connectivity index (χ3v) is 8.50. The highest BCUT2D eigenvalue weighted by atomic mass is 35.5. The van der Waals surface area contributed by atoms with Gasteiger partial charge in [0.2, 0.25) is 5.91 Å². The summed E-state index contributed by atoms with van der Waals surface area (Å²) in [5, 5.41) is 12.5. The number of aliphatic hydroxyl groups is 1. The molecule has 2 N–H and O–H groups in total. The summed E-state index contributed by atoms with van der Waals surface area (Å²) in [4.78, 5) is 13.8. The number of thioether (sulfide) groups is 1. The predicted molar refractivity (Wildman–Crippen MR) is 135 cm³/mol. The van der Waals surface area contributed by atoms with Gasteiger partial charge in [0, 0.05) is 23.9 Å². The van der Waals surface area contributed by atoms with E-state index in [-0.39, 0.29) is 18.6 Å². The van der Waals surface area contributed by atoms with Crippen molar-refractivity contribution in [3.05, 3.63) is 89.4 Å². The normalized spacial score (nSPS) is 18.1. The molecule has 1 saturated heterocycles. The molecular formula is C25H25ClN2O3S2. The molecule has 33 heavy (non-hydrogen) atoms. The maximum absolute atomic E-state index is 13.3. The molecule has 3 atom stereocenters. The smallest absolute Gasteiger partial charge is 0.249 e. The van der Waals surface area contributed by atoms with Crippen LogP contribution in [-0.4, -0.2) is 43.8 Å². The van der Waals surface area contributed by atoms with E-state index in [1.54, 1.807) is 16.4 Å². The molecule has 0 aliphatic carbocycles. The second kappa shape index (κ2) is 11.3. The molecule has 4 rings (SSSR count). The number of benzene rings is 3. The van der Waals surface area contributed by atoms with Crippen LogP contribution in [-0.2, 0) is 15.8 Å². The van der Waals surface area contributed by atoms with E-state index in [9.17, 15) is 14.1 Å². The van der Waals surface area contributed by atoms with E-state index in [1.165, 1.54) is 11.8 Å². The van der Waals surface area contributed by atoms with Crippen molar-refractivity contribution in [3.8, 4) is 11.1 Å². The van der Waals surface area contributed by atoms with Crippen LogP contribution in [0.2, 0.25) is 5.02 Å². The Kier molecular flexibility index (Phi) is 8.22. The number of carbonyl (C=O) groups is 1. The molecule has 3 unspecified atom stereocenters. The van der Waals surface area contributed by atoms with Crippen LogP contribution in [0.1, 0.15) is 18.0 Å². The van der Waals surface area contributed by atoms with Crippen molar-refractivity contribution in [2.75, 3.05) is 18.9 Å². The highest BCUT2D eigenvalue weighted by molar-refractivity contribution is 8.01. The molecular weight excluding hydrogens is 476 g/mol. The molecule has 0 spiro atoms. The van der Waals surface area contributed by atoms with Gasteiger partial charge in [-0.3, -0.25) is 4.79 Å². The van der Waals surface area contributed by atoms with Crippen molar-refractivity contribution >= 4 is 40.3 Å². The van der Waals surface area contributed by atoms with Crippen molar-refractivity contribution in [2.24, 2.45) is 0 Å². The number of carbonyl (C=O) groups excluding carboxylic acids is 1. The highest BCUT2D eigenvalue weighted by Crippen LogP contribution is 2.30. The maximum atomic E-state index is 13.3. The van der Waals surface area contributed by atoms with Crippen LogP contribution in [0.5, 0.6) is 0 Å².